The highest BCUT2D eigenvalue weighted by Gasteiger charge is 2.31. The third-order valence-electron chi connectivity index (χ3n) is 4.44. The lowest BCUT2D eigenvalue weighted by atomic mass is 10.0. The van der Waals surface area contributed by atoms with Crippen LogP contribution in [0.3, 0.4) is 0 Å². The first-order valence-corrected chi connectivity index (χ1v) is 7.87. The minimum atomic E-state index is -0.0599. The quantitative estimate of drug-likeness (QED) is 0.853. The summed E-state index contributed by atoms with van der Waals surface area (Å²) in [6, 6.07) is 5.52. The van der Waals surface area contributed by atoms with Crippen LogP contribution in [0.4, 0.5) is 0 Å². The second-order valence-electron chi connectivity index (χ2n) is 5.84. The molecular weight excluding hydrogens is 296 g/mol. The molecule has 0 atom stereocenters. The second kappa shape index (κ2) is 5.61. The van der Waals surface area contributed by atoms with E-state index >= 15 is 0 Å². The molecule has 0 spiro atoms. The number of carbonyl (C=O) groups is 1. The van der Waals surface area contributed by atoms with E-state index < -0.39 is 0 Å². The van der Waals surface area contributed by atoms with Gasteiger partial charge in [0.1, 0.15) is 18.1 Å². The van der Waals surface area contributed by atoms with Crippen molar-refractivity contribution in [1.29, 1.82) is 0 Å². The molecule has 1 aromatic heterocycles. The van der Waals surface area contributed by atoms with Crippen LogP contribution in [-0.2, 0) is 6.61 Å². The number of likely N-dealkylation sites (tertiary alicyclic amines) is 1. The Hall–Kier alpha value is -2.50. The van der Waals surface area contributed by atoms with Gasteiger partial charge in [-0.3, -0.25) is 4.79 Å². The first-order valence-electron chi connectivity index (χ1n) is 7.87. The topological polar surface area (TPSA) is 64.8 Å². The maximum Gasteiger partial charge on any atom is 0.276 e. The number of hydrogen-bond donors (Lipinski definition) is 0. The van der Waals surface area contributed by atoms with Crippen LogP contribution in [0.15, 0.2) is 22.7 Å². The van der Waals surface area contributed by atoms with Gasteiger partial charge in [0.05, 0.1) is 18.2 Å². The Kier molecular flexibility index (Phi) is 3.44. The third-order valence-corrected chi connectivity index (χ3v) is 4.44. The van der Waals surface area contributed by atoms with Crippen molar-refractivity contribution in [3.63, 3.8) is 0 Å². The zero-order valence-corrected chi connectivity index (χ0v) is 13.0. The molecule has 0 aliphatic carbocycles. The van der Waals surface area contributed by atoms with Crippen molar-refractivity contribution in [2.24, 2.45) is 0 Å². The van der Waals surface area contributed by atoms with E-state index in [9.17, 15) is 4.79 Å². The molecular formula is C17H18N2O4. The van der Waals surface area contributed by atoms with Gasteiger partial charge in [0.15, 0.2) is 11.5 Å². The summed E-state index contributed by atoms with van der Waals surface area (Å²) in [6.45, 7) is 1.86. The molecule has 6 nitrogen and oxygen atoms in total. The summed E-state index contributed by atoms with van der Waals surface area (Å²) in [6.07, 6.45) is 3.27. The Bertz CT molecular complexity index is 747. The molecule has 4 rings (SSSR count). The van der Waals surface area contributed by atoms with Crippen LogP contribution < -0.4 is 9.47 Å². The summed E-state index contributed by atoms with van der Waals surface area (Å²) >= 11 is 0. The molecule has 2 aliphatic heterocycles. The van der Waals surface area contributed by atoms with Crippen molar-refractivity contribution in [3.8, 4) is 22.8 Å². The van der Waals surface area contributed by atoms with E-state index in [2.05, 4.69) is 5.16 Å². The summed E-state index contributed by atoms with van der Waals surface area (Å²) in [5.41, 5.74) is 1.92. The average Bonchev–Trinajstić information content (AvgIpc) is 3.05. The Morgan fingerprint density at radius 1 is 1.26 bits per heavy atom. The van der Waals surface area contributed by atoms with Gasteiger partial charge in [-0.05, 0) is 31.4 Å². The van der Waals surface area contributed by atoms with Crippen LogP contribution in [-0.4, -0.2) is 36.2 Å². The zero-order chi connectivity index (χ0) is 15.8. The van der Waals surface area contributed by atoms with E-state index in [1.54, 1.807) is 7.11 Å². The molecule has 0 unspecified atom stereocenters. The van der Waals surface area contributed by atoms with Gasteiger partial charge < -0.3 is 18.9 Å². The lowest BCUT2D eigenvalue weighted by Gasteiger charge is -2.26. The van der Waals surface area contributed by atoms with Gasteiger partial charge in [-0.25, -0.2) is 0 Å². The van der Waals surface area contributed by atoms with Crippen molar-refractivity contribution < 1.29 is 18.8 Å². The summed E-state index contributed by atoms with van der Waals surface area (Å²) in [5, 5.41) is 4.04. The zero-order valence-electron chi connectivity index (χ0n) is 13.0. The molecule has 2 aromatic rings. The van der Waals surface area contributed by atoms with E-state index in [4.69, 9.17) is 14.0 Å². The summed E-state index contributed by atoms with van der Waals surface area (Å²) in [5.74, 6) is 1.96. The van der Waals surface area contributed by atoms with Crippen LogP contribution in [0.1, 0.15) is 35.3 Å². The van der Waals surface area contributed by atoms with Crippen molar-refractivity contribution in [2.75, 3.05) is 20.2 Å². The third kappa shape index (κ3) is 2.34. The highest BCUT2D eigenvalue weighted by Crippen LogP contribution is 2.40. The number of amides is 1. The van der Waals surface area contributed by atoms with Gasteiger partial charge in [0.2, 0.25) is 0 Å². The van der Waals surface area contributed by atoms with Crippen LogP contribution in [0, 0.1) is 0 Å². The number of piperidine rings is 1. The fourth-order valence-electron chi connectivity index (χ4n) is 3.16. The Balaban J connectivity index is 1.69. The van der Waals surface area contributed by atoms with Crippen LogP contribution >= 0.6 is 0 Å². The maximum atomic E-state index is 12.7. The number of methoxy groups -OCH3 is 1. The van der Waals surface area contributed by atoms with Crippen LogP contribution in [0.5, 0.6) is 11.5 Å². The normalized spacial score (nSPS) is 16.3. The SMILES string of the molecule is COc1ccc2c(c1)OCc1c(C(=O)N3CCCCC3)noc1-2. The minimum Gasteiger partial charge on any atom is -0.497 e. The summed E-state index contributed by atoms with van der Waals surface area (Å²) < 4.78 is 16.5. The largest absolute Gasteiger partial charge is 0.497 e. The minimum absolute atomic E-state index is 0.0599. The summed E-state index contributed by atoms with van der Waals surface area (Å²) in [7, 11) is 1.61. The number of aromatic nitrogens is 1. The Labute approximate surface area is 134 Å². The molecule has 2 aliphatic rings. The number of carbonyl (C=O) groups excluding carboxylic acids is 1. The highest BCUT2D eigenvalue weighted by molar-refractivity contribution is 5.95. The van der Waals surface area contributed by atoms with Crippen LogP contribution in [0.2, 0.25) is 0 Å². The predicted molar refractivity (Wildman–Crippen MR) is 82.6 cm³/mol. The molecule has 120 valence electrons. The highest BCUT2D eigenvalue weighted by atomic mass is 16.5. The number of benzene rings is 1. The van der Waals surface area contributed by atoms with Gasteiger partial charge in [0, 0.05) is 19.2 Å². The van der Waals surface area contributed by atoms with Crippen molar-refractivity contribution in [3.05, 3.63) is 29.5 Å². The monoisotopic (exact) mass is 314 g/mol. The lowest BCUT2D eigenvalue weighted by Crippen LogP contribution is -2.36. The number of fused-ring (bicyclic) bond motifs is 3. The van der Waals surface area contributed by atoms with Crippen molar-refractivity contribution in [1.82, 2.24) is 10.1 Å². The van der Waals surface area contributed by atoms with Gasteiger partial charge in [-0.15, -0.1) is 0 Å². The smallest absolute Gasteiger partial charge is 0.276 e. The fourth-order valence-corrected chi connectivity index (χ4v) is 3.16. The first-order chi connectivity index (χ1) is 11.3. The van der Waals surface area contributed by atoms with E-state index in [1.807, 2.05) is 23.1 Å². The first kappa shape index (κ1) is 14.1. The van der Waals surface area contributed by atoms with E-state index in [0.717, 1.165) is 42.8 Å². The molecule has 0 radical (unpaired) electrons. The average molecular weight is 314 g/mol. The molecule has 1 fully saturated rings. The van der Waals surface area contributed by atoms with Gasteiger partial charge in [-0.1, -0.05) is 5.16 Å². The fraction of sp³-hybridized carbons (Fsp3) is 0.412. The Morgan fingerprint density at radius 2 is 2.09 bits per heavy atom. The van der Waals surface area contributed by atoms with Gasteiger partial charge >= 0.3 is 0 Å². The molecule has 3 heterocycles. The number of ether oxygens (including phenoxy) is 2. The molecule has 1 saturated heterocycles. The number of hydrogen-bond acceptors (Lipinski definition) is 5. The summed E-state index contributed by atoms with van der Waals surface area (Å²) in [4.78, 5) is 14.5. The standard InChI is InChI=1S/C17H18N2O4/c1-21-11-5-6-12-14(9-11)22-10-13-15(18-23-16(12)13)17(20)19-7-3-2-4-8-19/h5-6,9H,2-4,7-8,10H2,1H3. The lowest BCUT2D eigenvalue weighted by molar-refractivity contribution is 0.0711. The van der Waals surface area contributed by atoms with E-state index in [0.29, 0.717) is 17.2 Å². The number of rotatable bonds is 2. The van der Waals surface area contributed by atoms with Crippen LogP contribution in [0.25, 0.3) is 11.3 Å². The van der Waals surface area contributed by atoms with Crippen molar-refractivity contribution in [2.45, 2.75) is 25.9 Å². The molecule has 0 bridgehead atoms. The number of nitrogens with zero attached hydrogens (tertiary/aromatic N) is 2. The Morgan fingerprint density at radius 3 is 2.87 bits per heavy atom. The van der Waals surface area contributed by atoms with Gasteiger partial charge in [0.25, 0.3) is 5.91 Å². The van der Waals surface area contributed by atoms with Gasteiger partial charge in [-0.2, -0.15) is 0 Å². The molecule has 0 N–H and O–H groups in total. The molecule has 1 aromatic carbocycles. The predicted octanol–water partition coefficient (Wildman–Crippen LogP) is 2.87. The molecule has 23 heavy (non-hydrogen) atoms. The van der Waals surface area contributed by atoms with E-state index in [-0.39, 0.29) is 12.5 Å². The molecule has 6 heteroatoms. The maximum absolute atomic E-state index is 12.7. The molecule has 0 saturated carbocycles. The van der Waals surface area contributed by atoms with E-state index in [1.165, 1.54) is 6.42 Å². The van der Waals surface area contributed by atoms with Crippen molar-refractivity contribution >= 4 is 5.91 Å². The molecule has 1 amide bonds. The second-order valence-corrected chi connectivity index (χ2v) is 5.84.